The predicted molar refractivity (Wildman–Crippen MR) is 95.6 cm³/mol. The molecule has 0 unspecified atom stereocenters. The molecule has 0 bridgehead atoms. The van der Waals surface area contributed by atoms with Crippen LogP contribution in [-0.4, -0.2) is 32.1 Å². The maximum Gasteiger partial charge on any atom is 0.254 e. The number of hydrogen-bond acceptors (Lipinski definition) is 4. The van der Waals surface area contributed by atoms with Crippen LogP contribution in [0.4, 0.5) is 0 Å². The van der Waals surface area contributed by atoms with Gasteiger partial charge in [-0.15, -0.1) is 17.9 Å². The zero-order chi connectivity index (χ0) is 16.9. The summed E-state index contributed by atoms with van der Waals surface area (Å²) in [5.74, 6) is -0.0513. The number of carbonyl (C=O) groups excluding carboxylic acids is 1. The molecule has 0 aliphatic heterocycles. The SMILES string of the molecule is C=CCN(Cc1ccc(Cl)s1)C(=O)c1ccc(-n2cncn2)cc1. The Morgan fingerprint density at radius 2 is 2.08 bits per heavy atom. The topological polar surface area (TPSA) is 51.0 Å². The Bertz CT molecular complexity index is 827. The number of thiophene rings is 1. The number of hydrogen-bond donors (Lipinski definition) is 0. The van der Waals surface area contributed by atoms with E-state index in [1.807, 2.05) is 24.3 Å². The lowest BCUT2D eigenvalue weighted by atomic mass is 10.1. The molecule has 0 saturated carbocycles. The maximum atomic E-state index is 12.8. The molecule has 2 heterocycles. The van der Waals surface area contributed by atoms with Crippen LogP contribution in [0.3, 0.4) is 0 Å². The van der Waals surface area contributed by atoms with Crippen molar-refractivity contribution in [3.05, 3.63) is 76.5 Å². The zero-order valence-electron chi connectivity index (χ0n) is 12.8. The van der Waals surface area contributed by atoms with E-state index in [4.69, 9.17) is 11.6 Å². The van der Waals surface area contributed by atoms with Gasteiger partial charge in [-0.1, -0.05) is 17.7 Å². The third kappa shape index (κ3) is 3.72. The van der Waals surface area contributed by atoms with Crippen LogP contribution < -0.4 is 0 Å². The van der Waals surface area contributed by atoms with E-state index in [0.717, 1.165) is 10.6 Å². The molecule has 5 nitrogen and oxygen atoms in total. The minimum atomic E-state index is -0.0513. The summed E-state index contributed by atoms with van der Waals surface area (Å²) in [7, 11) is 0. The first-order valence-corrected chi connectivity index (χ1v) is 8.46. The Hall–Kier alpha value is -2.44. The number of nitrogens with zero attached hydrogens (tertiary/aromatic N) is 4. The first-order chi connectivity index (χ1) is 11.7. The van der Waals surface area contributed by atoms with Gasteiger partial charge in [0.15, 0.2) is 0 Å². The van der Waals surface area contributed by atoms with E-state index in [9.17, 15) is 4.79 Å². The fourth-order valence-electron chi connectivity index (χ4n) is 2.28. The van der Waals surface area contributed by atoms with Crippen molar-refractivity contribution < 1.29 is 4.79 Å². The Morgan fingerprint density at radius 1 is 1.29 bits per heavy atom. The number of amides is 1. The second-order valence-corrected chi connectivity index (χ2v) is 6.87. The number of aromatic nitrogens is 3. The first kappa shape index (κ1) is 16.4. The molecule has 0 radical (unpaired) electrons. The smallest absolute Gasteiger partial charge is 0.254 e. The highest BCUT2D eigenvalue weighted by Crippen LogP contribution is 2.23. The Balaban J connectivity index is 1.77. The molecule has 0 fully saturated rings. The van der Waals surface area contributed by atoms with E-state index < -0.39 is 0 Å². The summed E-state index contributed by atoms with van der Waals surface area (Å²) in [4.78, 5) is 19.4. The standard InChI is InChI=1S/C17H15ClN4OS/c1-2-9-21(10-15-7-8-16(18)24-15)17(23)13-3-5-14(6-4-13)22-12-19-11-20-22/h2-8,11-12H,1,9-10H2. The van der Waals surface area contributed by atoms with E-state index in [1.54, 1.807) is 34.1 Å². The van der Waals surface area contributed by atoms with Gasteiger partial charge in [0.25, 0.3) is 5.91 Å². The Morgan fingerprint density at radius 3 is 2.67 bits per heavy atom. The summed E-state index contributed by atoms with van der Waals surface area (Å²) in [5.41, 5.74) is 1.47. The van der Waals surface area contributed by atoms with Gasteiger partial charge in [-0.2, -0.15) is 5.10 Å². The molecule has 3 aromatic rings. The number of benzene rings is 1. The van der Waals surface area contributed by atoms with Crippen LogP contribution in [0, 0.1) is 0 Å². The van der Waals surface area contributed by atoms with Gasteiger partial charge >= 0.3 is 0 Å². The molecule has 0 atom stereocenters. The number of halogens is 1. The lowest BCUT2D eigenvalue weighted by Crippen LogP contribution is -2.30. The van der Waals surface area contributed by atoms with E-state index in [2.05, 4.69) is 16.7 Å². The van der Waals surface area contributed by atoms with Gasteiger partial charge in [-0.05, 0) is 36.4 Å². The molecule has 0 aliphatic carbocycles. The molecule has 3 rings (SSSR count). The number of rotatable bonds is 6. The highest BCUT2D eigenvalue weighted by atomic mass is 35.5. The van der Waals surface area contributed by atoms with Crippen molar-refractivity contribution in [3.63, 3.8) is 0 Å². The van der Waals surface area contributed by atoms with Gasteiger partial charge in [-0.3, -0.25) is 4.79 Å². The molecule has 2 aromatic heterocycles. The molecule has 1 amide bonds. The maximum absolute atomic E-state index is 12.8. The molecule has 0 N–H and O–H groups in total. The zero-order valence-corrected chi connectivity index (χ0v) is 14.4. The molecular weight excluding hydrogens is 344 g/mol. The molecule has 1 aromatic carbocycles. The molecule has 0 aliphatic rings. The fraction of sp³-hybridized carbons (Fsp3) is 0.118. The summed E-state index contributed by atoms with van der Waals surface area (Å²) in [6.45, 7) is 4.71. The van der Waals surface area contributed by atoms with Crippen molar-refractivity contribution in [3.8, 4) is 5.69 Å². The van der Waals surface area contributed by atoms with Crippen molar-refractivity contribution in [2.75, 3.05) is 6.54 Å². The average molecular weight is 359 g/mol. The molecule has 0 spiro atoms. The van der Waals surface area contributed by atoms with Crippen LogP contribution in [0.2, 0.25) is 4.34 Å². The van der Waals surface area contributed by atoms with Gasteiger partial charge < -0.3 is 4.90 Å². The van der Waals surface area contributed by atoms with Gasteiger partial charge in [0, 0.05) is 17.0 Å². The third-order valence-corrected chi connectivity index (χ3v) is 4.63. The second kappa shape index (κ2) is 7.42. The van der Waals surface area contributed by atoms with Gasteiger partial charge in [-0.25, -0.2) is 9.67 Å². The van der Waals surface area contributed by atoms with Crippen LogP contribution in [0.25, 0.3) is 5.69 Å². The van der Waals surface area contributed by atoms with Crippen molar-refractivity contribution in [1.29, 1.82) is 0 Å². The van der Waals surface area contributed by atoms with Crippen molar-refractivity contribution in [1.82, 2.24) is 19.7 Å². The normalized spacial score (nSPS) is 10.5. The molecular formula is C17H15ClN4OS. The lowest BCUT2D eigenvalue weighted by molar-refractivity contribution is 0.0764. The lowest BCUT2D eigenvalue weighted by Gasteiger charge is -2.20. The highest BCUT2D eigenvalue weighted by molar-refractivity contribution is 7.16. The van der Waals surface area contributed by atoms with Crippen LogP contribution in [0.5, 0.6) is 0 Å². The second-order valence-electron chi connectivity index (χ2n) is 5.07. The van der Waals surface area contributed by atoms with Gasteiger partial charge in [0.05, 0.1) is 16.6 Å². The largest absolute Gasteiger partial charge is 0.330 e. The highest BCUT2D eigenvalue weighted by Gasteiger charge is 2.16. The summed E-state index contributed by atoms with van der Waals surface area (Å²) >= 11 is 7.44. The van der Waals surface area contributed by atoms with Crippen molar-refractivity contribution in [2.24, 2.45) is 0 Å². The average Bonchev–Trinajstić information content (AvgIpc) is 3.26. The molecule has 0 saturated heterocycles. The van der Waals surface area contributed by atoms with Crippen LogP contribution in [-0.2, 0) is 6.54 Å². The summed E-state index contributed by atoms with van der Waals surface area (Å²) in [5, 5.41) is 4.07. The van der Waals surface area contributed by atoms with E-state index in [1.165, 1.54) is 17.7 Å². The van der Waals surface area contributed by atoms with Crippen LogP contribution in [0.1, 0.15) is 15.2 Å². The quantitative estimate of drug-likeness (QED) is 0.629. The van der Waals surface area contributed by atoms with E-state index in [-0.39, 0.29) is 5.91 Å². The molecule has 24 heavy (non-hydrogen) atoms. The summed E-state index contributed by atoms with van der Waals surface area (Å²) in [6, 6.07) is 11.0. The summed E-state index contributed by atoms with van der Waals surface area (Å²) < 4.78 is 2.36. The van der Waals surface area contributed by atoms with Crippen molar-refractivity contribution >= 4 is 28.8 Å². The third-order valence-electron chi connectivity index (χ3n) is 3.41. The Kier molecular flexibility index (Phi) is 5.08. The van der Waals surface area contributed by atoms with Gasteiger partial charge in [0.1, 0.15) is 12.7 Å². The predicted octanol–water partition coefficient (Wildman–Crippen LogP) is 3.81. The van der Waals surface area contributed by atoms with Crippen LogP contribution >= 0.6 is 22.9 Å². The molecule has 122 valence electrons. The Labute approximate surface area is 148 Å². The minimum Gasteiger partial charge on any atom is -0.330 e. The number of carbonyl (C=O) groups is 1. The van der Waals surface area contributed by atoms with E-state index in [0.29, 0.717) is 23.0 Å². The van der Waals surface area contributed by atoms with Crippen molar-refractivity contribution in [2.45, 2.75) is 6.54 Å². The van der Waals surface area contributed by atoms with Gasteiger partial charge in [0.2, 0.25) is 0 Å². The monoisotopic (exact) mass is 358 g/mol. The van der Waals surface area contributed by atoms with Crippen LogP contribution in [0.15, 0.2) is 61.7 Å². The minimum absolute atomic E-state index is 0.0513. The fourth-order valence-corrected chi connectivity index (χ4v) is 3.38. The van der Waals surface area contributed by atoms with E-state index >= 15 is 0 Å². The first-order valence-electron chi connectivity index (χ1n) is 7.27. The summed E-state index contributed by atoms with van der Waals surface area (Å²) in [6.07, 6.45) is 4.80. The molecule has 7 heteroatoms.